The lowest BCUT2D eigenvalue weighted by atomic mass is 10.1. The molecule has 3 aromatic rings. The van der Waals surface area contributed by atoms with Crippen LogP contribution in [0.15, 0.2) is 70.3 Å². The quantitative estimate of drug-likeness (QED) is 0.275. The van der Waals surface area contributed by atoms with Gasteiger partial charge in [-0.05, 0) is 66.9 Å². The minimum atomic E-state index is -0.295. The molecule has 3 rings (SSSR count). The van der Waals surface area contributed by atoms with Crippen LogP contribution in [0.1, 0.15) is 27.2 Å². The standard InChI is InChI=1S/C21H22N4O2.HI/c1-14-8-9-18(11-15(14)2)25-21(22)23-13-16-5-3-6-17(12-16)24-20(26)19-7-4-10-27-19;/h3-12H,13H2,1-2H3,(H,24,26)(H3,22,23,25);1H. The Morgan fingerprint density at radius 3 is 2.50 bits per heavy atom. The summed E-state index contributed by atoms with van der Waals surface area (Å²) in [4.78, 5) is 16.4. The Bertz CT molecular complexity index is 968. The second kappa shape index (κ2) is 9.93. The number of benzene rings is 2. The van der Waals surface area contributed by atoms with Crippen LogP contribution in [0.5, 0.6) is 0 Å². The average molecular weight is 490 g/mol. The average Bonchev–Trinajstić information content (AvgIpc) is 3.18. The van der Waals surface area contributed by atoms with Gasteiger partial charge in [0.05, 0.1) is 12.8 Å². The minimum absolute atomic E-state index is 0. The molecule has 0 saturated heterocycles. The van der Waals surface area contributed by atoms with Gasteiger partial charge in [-0.1, -0.05) is 18.2 Å². The van der Waals surface area contributed by atoms with Crippen LogP contribution in [0.2, 0.25) is 0 Å². The summed E-state index contributed by atoms with van der Waals surface area (Å²) in [6.07, 6.45) is 1.46. The maximum Gasteiger partial charge on any atom is 0.291 e. The number of amides is 1. The first-order valence-electron chi connectivity index (χ1n) is 8.59. The zero-order chi connectivity index (χ0) is 19.2. The summed E-state index contributed by atoms with van der Waals surface area (Å²) in [5, 5.41) is 5.89. The van der Waals surface area contributed by atoms with Gasteiger partial charge in [-0.15, -0.1) is 24.0 Å². The number of rotatable bonds is 5. The van der Waals surface area contributed by atoms with Crippen molar-refractivity contribution in [3.63, 3.8) is 0 Å². The lowest BCUT2D eigenvalue weighted by Crippen LogP contribution is -2.22. The molecule has 0 radical (unpaired) electrons. The molecule has 0 fully saturated rings. The molecule has 2 aromatic carbocycles. The maximum absolute atomic E-state index is 12.0. The number of nitrogens with zero attached hydrogens (tertiary/aromatic N) is 1. The Morgan fingerprint density at radius 2 is 1.79 bits per heavy atom. The molecule has 146 valence electrons. The lowest BCUT2D eigenvalue weighted by Gasteiger charge is -2.09. The SMILES string of the molecule is Cc1ccc(NC(N)=NCc2cccc(NC(=O)c3ccco3)c2)cc1C.I. The number of nitrogens with two attached hydrogens (primary N) is 1. The Morgan fingerprint density at radius 1 is 1.00 bits per heavy atom. The van der Waals surface area contributed by atoms with Gasteiger partial charge in [-0.3, -0.25) is 4.79 Å². The van der Waals surface area contributed by atoms with Crippen molar-refractivity contribution in [1.82, 2.24) is 0 Å². The summed E-state index contributed by atoms with van der Waals surface area (Å²) < 4.78 is 5.09. The first-order valence-corrected chi connectivity index (χ1v) is 8.59. The Hall–Kier alpha value is -2.81. The predicted octanol–water partition coefficient (Wildman–Crippen LogP) is 4.69. The molecule has 0 aliphatic heterocycles. The summed E-state index contributed by atoms with van der Waals surface area (Å²) in [6.45, 7) is 4.51. The van der Waals surface area contributed by atoms with Crippen molar-refractivity contribution in [2.75, 3.05) is 10.6 Å². The lowest BCUT2D eigenvalue weighted by molar-refractivity contribution is 0.0996. The van der Waals surface area contributed by atoms with E-state index >= 15 is 0 Å². The van der Waals surface area contributed by atoms with Gasteiger partial charge >= 0.3 is 0 Å². The van der Waals surface area contributed by atoms with Gasteiger partial charge in [0.15, 0.2) is 11.7 Å². The van der Waals surface area contributed by atoms with Crippen LogP contribution < -0.4 is 16.4 Å². The molecule has 0 atom stereocenters. The van der Waals surface area contributed by atoms with Gasteiger partial charge in [0.2, 0.25) is 0 Å². The summed E-state index contributed by atoms with van der Waals surface area (Å²) in [5.41, 5.74) is 10.9. The smallest absolute Gasteiger partial charge is 0.291 e. The third-order valence-corrected chi connectivity index (χ3v) is 4.14. The predicted molar refractivity (Wildman–Crippen MR) is 123 cm³/mol. The maximum atomic E-state index is 12.0. The second-order valence-electron chi connectivity index (χ2n) is 6.26. The van der Waals surface area contributed by atoms with Crippen molar-refractivity contribution in [3.8, 4) is 0 Å². The number of hydrogen-bond acceptors (Lipinski definition) is 3. The van der Waals surface area contributed by atoms with Gasteiger partial charge in [-0.25, -0.2) is 4.99 Å². The van der Waals surface area contributed by atoms with E-state index in [4.69, 9.17) is 10.2 Å². The van der Waals surface area contributed by atoms with Crippen LogP contribution in [0.3, 0.4) is 0 Å². The number of aliphatic imine (C=N–C) groups is 1. The van der Waals surface area contributed by atoms with Crippen LogP contribution in [-0.2, 0) is 6.54 Å². The number of aryl methyl sites for hydroxylation is 2. The molecule has 0 aliphatic carbocycles. The zero-order valence-electron chi connectivity index (χ0n) is 15.7. The molecular weight excluding hydrogens is 467 g/mol. The highest BCUT2D eigenvalue weighted by molar-refractivity contribution is 14.0. The van der Waals surface area contributed by atoms with Crippen LogP contribution in [0, 0.1) is 13.8 Å². The van der Waals surface area contributed by atoms with Crippen molar-refractivity contribution >= 4 is 47.2 Å². The Labute approximate surface area is 181 Å². The number of carbonyl (C=O) groups is 1. The molecule has 0 bridgehead atoms. The van der Waals surface area contributed by atoms with Crippen molar-refractivity contribution in [2.24, 2.45) is 10.7 Å². The van der Waals surface area contributed by atoms with E-state index in [0.717, 1.165) is 11.3 Å². The minimum Gasteiger partial charge on any atom is -0.459 e. The fourth-order valence-corrected chi connectivity index (χ4v) is 2.53. The van der Waals surface area contributed by atoms with Gasteiger partial charge < -0.3 is 20.8 Å². The van der Waals surface area contributed by atoms with E-state index in [0.29, 0.717) is 18.2 Å². The van der Waals surface area contributed by atoms with E-state index < -0.39 is 0 Å². The topological polar surface area (TPSA) is 92.6 Å². The summed E-state index contributed by atoms with van der Waals surface area (Å²) in [6, 6.07) is 16.8. The van der Waals surface area contributed by atoms with Crippen LogP contribution in [0.4, 0.5) is 11.4 Å². The first-order chi connectivity index (χ1) is 13.0. The van der Waals surface area contributed by atoms with Crippen LogP contribution in [0.25, 0.3) is 0 Å². The highest BCUT2D eigenvalue weighted by atomic mass is 127. The second-order valence-corrected chi connectivity index (χ2v) is 6.26. The van der Waals surface area contributed by atoms with E-state index in [1.54, 1.807) is 12.1 Å². The Kier molecular flexibility index (Phi) is 7.62. The van der Waals surface area contributed by atoms with Gasteiger partial charge in [0, 0.05) is 11.4 Å². The van der Waals surface area contributed by atoms with Gasteiger partial charge in [0.25, 0.3) is 5.91 Å². The number of hydrogen-bond donors (Lipinski definition) is 3. The van der Waals surface area contributed by atoms with Gasteiger partial charge in [-0.2, -0.15) is 0 Å². The van der Waals surface area contributed by atoms with Crippen LogP contribution >= 0.6 is 24.0 Å². The van der Waals surface area contributed by atoms with E-state index in [1.165, 1.54) is 17.4 Å². The molecule has 6 nitrogen and oxygen atoms in total. The monoisotopic (exact) mass is 490 g/mol. The molecule has 4 N–H and O–H groups in total. The van der Waals surface area contributed by atoms with E-state index in [9.17, 15) is 4.79 Å². The molecule has 1 amide bonds. The molecule has 0 unspecified atom stereocenters. The molecule has 28 heavy (non-hydrogen) atoms. The summed E-state index contributed by atoms with van der Waals surface area (Å²) in [5.74, 6) is 0.306. The zero-order valence-corrected chi connectivity index (χ0v) is 18.1. The number of nitrogens with one attached hydrogen (secondary N) is 2. The molecule has 1 aromatic heterocycles. The number of carbonyl (C=O) groups excluding carboxylic acids is 1. The largest absolute Gasteiger partial charge is 0.459 e. The van der Waals surface area contributed by atoms with Crippen LogP contribution in [-0.4, -0.2) is 11.9 Å². The van der Waals surface area contributed by atoms with Crippen molar-refractivity contribution in [1.29, 1.82) is 0 Å². The first kappa shape index (κ1) is 21.5. The van der Waals surface area contributed by atoms with E-state index in [2.05, 4.69) is 29.5 Å². The fraction of sp³-hybridized carbons (Fsp3) is 0.143. The highest BCUT2D eigenvalue weighted by Gasteiger charge is 2.08. The molecule has 1 heterocycles. The summed E-state index contributed by atoms with van der Waals surface area (Å²) >= 11 is 0. The number of halogens is 1. The van der Waals surface area contributed by atoms with Crippen molar-refractivity contribution < 1.29 is 9.21 Å². The molecule has 7 heteroatoms. The third-order valence-electron chi connectivity index (χ3n) is 4.14. The highest BCUT2D eigenvalue weighted by Crippen LogP contribution is 2.15. The van der Waals surface area contributed by atoms with E-state index in [1.807, 2.05) is 42.5 Å². The Balaban J connectivity index is 0.00000280. The van der Waals surface area contributed by atoms with E-state index in [-0.39, 0.29) is 35.6 Å². The number of guanidine groups is 1. The molecule has 0 saturated carbocycles. The van der Waals surface area contributed by atoms with Gasteiger partial charge in [0.1, 0.15) is 0 Å². The number of furan rings is 1. The summed E-state index contributed by atoms with van der Waals surface area (Å²) in [7, 11) is 0. The third kappa shape index (κ3) is 5.85. The fourth-order valence-electron chi connectivity index (χ4n) is 2.53. The van der Waals surface area contributed by atoms with Crippen molar-refractivity contribution in [2.45, 2.75) is 20.4 Å². The molecular formula is C21H23IN4O2. The normalized spacial score (nSPS) is 10.9. The van der Waals surface area contributed by atoms with Crippen molar-refractivity contribution in [3.05, 3.63) is 83.3 Å². The molecule has 0 spiro atoms. The number of anilines is 2. The molecule has 0 aliphatic rings.